The Morgan fingerprint density at radius 1 is 1.23 bits per heavy atom. The molecule has 2 aromatic rings. The fraction of sp³-hybridized carbons (Fsp3) is 0.333. The van der Waals surface area contributed by atoms with Gasteiger partial charge in [0.2, 0.25) is 0 Å². The van der Waals surface area contributed by atoms with Crippen LogP contribution >= 0.6 is 0 Å². The monoisotopic (exact) mass is 306 g/mol. The van der Waals surface area contributed by atoms with Crippen LogP contribution in [0.2, 0.25) is 0 Å². The van der Waals surface area contributed by atoms with Crippen molar-refractivity contribution in [3.8, 4) is 11.5 Å². The van der Waals surface area contributed by atoms with E-state index in [0.29, 0.717) is 17.2 Å². The van der Waals surface area contributed by atoms with Crippen LogP contribution in [0.25, 0.3) is 10.9 Å². The molecule has 0 spiro atoms. The van der Waals surface area contributed by atoms with Gasteiger partial charge in [0.15, 0.2) is 0 Å². The summed E-state index contributed by atoms with van der Waals surface area (Å²) in [6, 6.07) is 4.21. The van der Waals surface area contributed by atoms with Gasteiger partial charge in [0.25, 0.3) is 5.91 Å². The fourth-order valence-electron chi connectivity index (χ4n) is 2.21. The lowest BCUT2D eigenvalue weighted by molar-refractivity contribution is -0.138. The highest BCUT2D eigenvalue weighted by Gasteiger charge is 2.20. The molecule has 0 bridgehead atoms. The van der Waals surface area contributed by atoms with Gasteiger partial charge in [-0.3, -0.25) is 9.59 Å². The van der Waals surface area contributed by atoms with Crippen LogP contribution in [-0.2, 0) is 11.8 Å². The molecule has 7 heteroatoms. The van der Waals surface area contributed by atoms with Gasteiger partial charge in [-0.25, -0.2) is 0 Å². The SMILES string of the molecule is COc1cc(OC)c2cc(C(=O)NC(C)C(=O)O)n(C)c2c1. The Kier molecular flexibility index (Phi) is 4.25. The number of hydrogen-bond acceptors (Lipinski definition) is 4. The van der Waals surface area contributed by atoms with E-state index in [-0.39, 0.29) is 0 Å². The smallest absolute Gasteiger partial charge is 0.325 e. The molecule has 1 aromatic carbocycles. The van der Waals surface area contributed by atoms with Gasteiger partial charge in [-0.05, 0) is 13.0 Å². The Bertz CT molecular complexity index is 735. The molecule has 1 aromatic heterocycles. The average Bonchev–Trinajstić information content (AvgIpc) is 2.83. The maximum absolute atomic E-state index is 12.2. The van der Waals surface area contributed by atoms with E-state index in [1.807, 2.05) is 0 Å². The second-order valence-electron chi connectivity index (χ2n) is 4.88. The number of hydrogen-bond donors (Lipinski definition) is 2. The summed E-state index contributed by atoms with van der Waals surface area (Å²) in [4.78, 5) is 23.1. The number of aryl methyl sites for hydroxylation is 1. The summed E-state index contributed by atoms with van der Waals surface area (Å²) in [6.07, 6.45) is 0. The third-order valence-corrected chi connectivity index (χ3v) is 3.50. The third-order valence-electron chi connectivity index (χ3n) is 3.50. The lowest BCUT2D eigenvalue weighted by Crippen LogP contribution is -2.39. The Balaban J connectivity index is 2.50. The van der Waals surface area contributed by atoms with Crippen molar-refractivity contribution in [1.82, 2.24) is 9.88 Å². The minimum absolute atomic E-state index is 0.342. The molecule has 118 valence electrons. The van der Waals surface area contributed by atoms with E-state index in [2.05, 4.69) is 5.32 Å². The molecule has 1 atom stereocenters. The summed E-state index contributed by atoms with van der Waals surface area (Å²) < 4.78 is 12.2. The molecule has 7 nitrogen and oxygen atoms in total. The number of fused-ring (bicyclic) bond motifs is 1. The van der Waals surface area contributed by atoms with Crippen LogP contribution in [0.4, 0.5) is 0 Å². The molecule has 0 saturated heterocycles. The first-order valence-electron chi connectivity index (χ1n) is 6.64. The average molecular weight is 306 g/mol. The van der Waals surface area contributed by atoms with Crippen molar-refractivity contribution in [2.24, 2.45) is 7.05 Å². The number of methoxy groups -OCH3 is 2. The molecule has 2 N–H and O–H groups in total. The molecular weight excluding hydrogens is 288 g/mol. The molecule has 22 heavy (non-hydrogen) atoms. The fourth-order valence-corrected chi connectivity index (χ4v) is 2.21. The van der Waals surface area contributed by atoms with Crippen LogP contribution in [0, 0.1) is 0 Å². The van der Waals surface area contributed by atoms with Crippen molar-refractivity contribution in [2.45, 2.75) is 13.0 Å². The molecule has 0 saturated carbocycles. The second kappa shape index (κ2) is 5.97. The lowest BCUT2D eigenvalue weighted by atomic mass is 10.2. The van der Waals surface area contributed by atoms with Crippen LogP contribution < -0.4 is 14.8 Å². The van der Waals surface area contributed by atoms with Gasteiger partial charge in [0.1, 0.15) is 23.2 Å². The first kappa shape index (κ1) is 15.7. The normalized spacial score (nSPS) is 12.0. The highest BCUT2D eigenvalue weighted by atomic mass is 16.5. The van der Waals surface area contributed by atoms with E-state index in [4.69, 9.17) is 14.6 Å². The standard InChI is InChI=1S/C15H18N2O5/c1-8(15(19)20)16-14(18)12-7-10-11(17(12)2)5-9(21-3)6-13(10)22-4/h5-8H,1-4H3,(H,16,18)(H,19,20). The van der Waals surface area contributed by atoms with Crippen LogP contribution in [0.5, 0.6) is 11.5 Å². The van der Waals surface area contributed by atoms with E-state index in [0.717, 1.165) is 10.9 Å². The molecule has 0 radical (unpaired) electrons. The summed E-state index contributed by atoms with van der Waals surface area (Å²) in [5.41, 5.74) is 1.10. The Morgan fingerprint density at radius 3 is 2.45 bits per heavy atom. The van der Waals surface area contributed by atoms with Crippen molar-refractivity contribution in [3.63, 3.8) is 0 Å². The Hall–Kier alpha value is -2.70. The topological polar surface area (TPSA) is 89.8 Å². The number of carbonyl (C=O) groups is 2. The van der Waals surface area contributed by atoms with Gasteiger partial charge in [-0.2, -0.15) is 0 Å². The summed E-state index contributed by atoms with van der Waals surface area (Å²) in [5.74, 6) is -0.368. The van der Waals surface area contributed by atoms with E-state index >= 15 is 0 Å². The van der Waals surface area contributed by atoms with Gasteiger partial charge < -0.3 is 24.5 Å². The number of nitrogens with one attached hydrogen (secondary N) is 1. The van der Waals surface area contributed by atoms with Gasteiger partial charge in [0, 0.05) is 24.6 Å². The third kappa shape index (κ3) is 2.69. The summed E-state index contributed by atoms with van der Waals surface area (Å²) in [5, 5.41) is 12.1. The van der Waals surface area contributed by atoms with Gasteiger partial charge in [-0.15, -0.1) is 0 Å². The van der Waals surface area contributed by atoms with Crippen molar-refractivity contribution in [3.05, 3.63) is 23.9 Å². The van der Waals surface area contributed by atoms with E-state index in [1.54, 1.807) is 36.9 Å². The lowest BCUT2D eigenvalue weighted by Gasteiger charge is -2.10. The number of aliphatic carboxylic acids is 1. The van der Waals surface area contributed by atoms with E-state index in [1.165, 1.54) is 14.0 Å². The van der Waals surface area contributed by atoms with Gasteiger partial charge >= 0.3 is 5.97 Å². The van der Waals surface area contributed by atoms with Crippen molar-refractivity contribution in [1.29, 1.82) is 0 Å². The molecule has 0 aliphatic rings. The van der Waals surface area contributed by atoms with Crippen LogP contribution in [0.3, 0.4) is 0 Å². The molecule has 0 aliphatic heterocycles. The Morgan fingerprint density at radius 2 is 1.91 bits per heavy atom. The van der Waals surface area contributed by atoms with E-state index in [9.17, 15) is 9.59 Å². The maximum Gasteiger partial charge on any atom is 0.325 e. The molecule has 0 fully saturated rings. The summed E-state index contributed by atoms with van der Waals surface area (Å²) in [6.45, 7) is 1.41. The van der Waals surface area contributed by atoms with Crippen LogP contribution in [0.15, 0.2) is 18.2 Å². The number of benzene rings is 1. The predicted octanol–water partition coefficient (Wildman–Crippen LogP) is 1.40. The molecule has 0 aliphatic carbocycles. The van der Waals surface area contributed by atoms with Crippen molar-refractivity contribution in [2.75, 3.05) is 14.2 Å². The van der Waals surface area contributed by atoms with Gasteiger partial charge in [0.05, 0.1) is 19.7 Å². The van der Waals surface area contributed by atoms with E-state index < -0.39 is 17.9 Å². The number of amides is 1. The first-order valence-corrected chi connectivity index (χ1v) is 6.64. The zero-order valence-electron chi connectivity index (χ0n) is 12.8. The number of aromatic nitrogens is 1. The number of carboxylic acids is 1. The highest BCUT2D eigenvalue weighted by Crippen LogP contribution is 2.33. The molecule has 1 heterocycles. The zero-order valence-corrected chi connectivity index (χ0v) is 12.8. The van der Waals surface area contributed by atoms with Crippen LogP contribution in [0.1, 0.15) is 17.4 Å². The Labute approximate surface area is 127 Å². The van der Waals surface area contributed by atoms with Gasteiger partial charge in [-0.1, -0.05) is 0 Å². The molecule has 1 unspecified atom stereocenters. The molecule has 1 amide bonds. The number of carbonyl (C=O) groups excluding carboxylic acids is 1. The minimum Gasteiger partial charge on any atom is -0.497 e. The number of rotatable bonds is 5. The second-order valence-corrected chi connectivity index (χ2v) is 4.88. The van der Waals surface area contributed by atoms with Crippen molar-refractivity contribution >= 4 is 22.8 Å². The molecular formula is C15H18N2O5. The predicted molar refractivity (Wildman–Crippen MR) is 80.6 cm³/mol. The first-order chi connectivity index (χ1) is 10.4. The minimum atomic E-state index is -1.09. The number of ether oxygens (including phenoxy) is 2. The largest absolute Gasteiger partial charge is 0.497 e. The number of carboxylic acid groups (broad SMARTS) is 1. The maximum atomic E-state index is 12.2. The highest BCUT2D eigenvalue weighted by molar-refractivity contribution is 6.02. The molecule has 2 rings (SSSR count). The number of nitrogens with zero attached hydrogens (tertiary/aromatic N) is 1. The summed E-state index contributed by atoms with van der Waals surface area (Å²) in [7, 11) is 4.81. The quantitative estimate of drug-likeness (QED) is 0.871. The van der Waals surface area contributed by atoms with Crippen LogP contribution in [-0.4, -0.2) is 41.8 Å². The van der Waals surface area contributed by atoms with Crippen molar-refractivity contribution < 1.29 is 24.2 Å². The zero-order chi connectivity index (χ0) is 16.4. The summed E-state index contributed by atoms with van der Waals surface area (Å²) >= 11 is 0.